The summed E-state index contributed by atoms with van der Waals surface area (Å²) in [6, 6.07) is 5.91. The number of carbonyl (C=O) groups is 1. The number of nitrogens with zero attached hydrogens (tertiary/aromatic N) is 2. The zero-order valence-corrected chi connectivity index (χ0v) is 13.8. The van der Waals surface area contributed by atoms with Crippen LogP contribution >= 0.6 is 15.9 Å². The number of anilines is 1. The van der Waals surface area contributed by atoms with Gasteiger partial charge >= 0.3 is 0 Å². The van der Waals surface area contributed by atoms with Gasteiger partial charge in [0.05, 0.1) is 15.1 Å². The third-order valence-corrected chi connectivity index (χ3v) is 4.51. The zero-order valence-electron chi connectivity index (χ0n) is 12.3. The number of amides is 1. The number of hydrogen-bond donors (Lipinski definition) is 0. The van der Waals surface area contributed by atoms with Crippen molar-refractivity contribution >= 4 is 33.2 Å². The van der Waals surface area contributed by atoms with Gasteiger partial charge in [0, 0.05) is 24.2 Å². The lowest BCUT2D eigenvalue weighted by atomic mass is 10.00. The highest BCUT2D eigenvalue weighted by Gasteiger charge is 2.28. The molecule has 1 aliphatic rings. The first-order chi connectivity index (χ1) is 11.4. The molecular formula is C16H11BrF2N2O3. The third kappa shape index (κ3) is 2.89. The van der Waals surface area contributed by atoms with E-state index >= 15 is 0 Å². The van der Waals surface area contributed by atoms with E-state index in [0.717, 1.165) is 12.1 Å². The molecule has 0 atom stereocenters. The Morgan fingerprint density at radius 3 is 2.71 bits per heavy atom. The van der Waals surface area contributed by atoms with Gasteiger partial charge < -0.3 is 4.90 Å². The summed E-state index contributed by atoms with van der Waals surface area (Å²) in [7, 11) is 0. The first kappa shape index (κ1) is 16.5. The number of halogens is 3. The minimum Gasteiger partial charge on any atom is -0.305 e. The first-order valence-corrected chi connectivity index (χ1v) is 7.91. The predicted molar refractivity (Wildman–Crippen MR) is 87.2 cm³/mol. The molecular weight excluding hydrogens is 386 g/mol. The van der Waals surface area contributed by atoms with E-state index in [0.29, 0.717) is 18.4 Å². The van der Waals surface area contributed by atoms with E-state index in [9.17, 15) is 23.7 Å². The van der Waals surface area contributed by atoms with Crippen LogP contribution in [0.15, 0.2) is 34.8 Å². The number of rotatable bonds is 2. The minimum absolute atomic E-state index is 0.0400. The molecule has 1 amide bonds. The summed E-state index contributed by atoms with van der Waals surface area (Å²) in [5.74, 6) is -2.07. The quantitative estimate of drug-likeness (QED) is 0.563. The summed E-state index contributed by atoms with van der Waals surface area (Å²) in [5.41, 5.74) is 0.274. The SMILES string of the molecule is O=C(c1ccc(Br)c([N+](=O)[O-])c1)N1CCCc2cc(F)cc(F)c21. The molecule has 2 aromatic carbocycles. The molecule has 2 aromatic rings. The molecule has 0 radical (unpaired) electrons. The summed E-state index contributed by atoms with van der Waals surface area (Å²) in [6.07, 6.45) is 1.02. The van der Waals surface area contributed by atoms with Gasteiger partial charge in [-0.1, -0.05) is 0 Å². The lowest BCUT2D eigenvalue weighted by molar-refractivity contribution is -0.385. The smallest absolute Gasteiger partial charge is 0.284 e. The zero-order chi connectivity index (χ0) is 17.4. The van der Waals surface area contributed by atoms with E-state index in [2.05, 4.69) is 15.9 Å². The van der Waals surface area contributed by atoms with Crippen LogP contribution in [-0.4, -0.2) is 17.4 Å². The van der Waals surface area contributed by atoms with Gasteiger partial charge in [-0.2, -0.15) is 0 Å². The van der Waals surface area contributed by atoms with Crippen molar-refractivity contribution in [2.24, 2.45) is 0 Å². The number of nitro benzene ring substituents is 1. The minimum atomic E-state index is -0.815. The molecule has 3 rings (SSSR count). The van der Waals surface area contributed by atoms with Gasteiger partial charge in [0.2, 0.25) is 0 Å². The van der Waals surface area contributed by atoms with E-state index < -0.39 is 22.5 Å². The second kappa shape index (κ2) is 6.27. The topological polar surface area (TPSA) is 63.4 Å². The van der Waals surface area contributed by atoms with Crippen molar-refractivity contribution in [3.63, 3.8) is 0 Å². The number of nitro groups is 1. The van der Waals surface area contributed by atoms with Crippen LogP contribution in [-0.2, 0) is 6.42 Å². The van der Waals surface area contributed by atoms with Crippen molar-refractivity contribution < 1.29 is 18.5 Å². The number of hydrogen-bond acceptors (Lipinski definition) is 3. The molecule has 0 saturated heterocycles. The van der Waals surface area contributed by atoms with Crippen LogP contribution in [0.1, 0.15) is 22.3 Å². The van der Waals surface area contributed by atoms with Gasteiger partial charge in [-0.3, -0.25) is 14.9 Å². The Hall–Kier alpha value is -2.35. The molecule has 8 heteroatoms. The Labute approximate surface area is 144 Å². The van der Waals surface area contributed by atoms with Crippen molar-refractivity contribution in [3.05, 3.63) is 67.7 Å². The van der Waals surface area contributed by atoms with Gasteiger partial charge in [0.25, 0.3) is 11.6 Å². The van der Waals surface area contributed by atoms with E-state index in [1.165, 1.54) is 23.1 Å². The van der Waals surface area contributed by atoms with E-state index in [-0.39, 0.29) is 28.0 Å². The van der Waals surface area contributed by atoms with Crippen LogP contribution in [0.5, 0.6) is 0 Å². The van der Waals surface area contributed by atoms with Crippen LogP contribution in [0.4, 0.5) is 20.2 Å². The summed E-state index contributed by atoms with van der Waals surface area (Å²) < 4.78 is 27.8. The average Bonchev–Trinajstić information content (AvgIpc) is 2.53. The molecule has 0 fully saturated rings. The molecule has 0 saturated carbocycles. The molecule has 0 N–H and O–H groups in total. The maximum Gasteiger partial charge on any atom is 0.284 e. The fourth-order valence-corrected chi connectivity index (χ4v) is 3.19. The molecule has 0 spiro atoms. The Bertz CT molecular complexity index is 857. The number of aryl methyl sites for hydroxylation is 1. The van der Waals surface area contributed by atoms with Gasteiger partial charge in [-0.05, 0) is 52.5 Å². The molecule has 0 bridgehead atoms. The van der Waals surface area contributed by atoms with E-state index in [1.54, 1.807) is 0 Å². The van der Waals surface area contributed by atoms with Crippen LogP contribution in [0.25, 0.3) is 0 Å². The Morgan fingerprint density at radius 1 is 1.25 bits per heavy atom. The summed E-state index contributed by atoms with van der Waals surface area (Å²) in [4.78, 5) is 24.3. The van der Waals surface area contributed by atoms with E-state index in [1.807, 2.05) is 0 Å². The lowest BCUT2D eigenvalue weighted by Crippen LogP contribution is -2.36. The maximum absolute atomic E-state index is 14.2. The number of benzene rings is 2. The number of fused-ring (bicyclic) bond motifs is 1. The van der Waals surface area contributed by atoms with Crippen LogP contribution in [0.3, 0.4) is 0 Å². The van der Waals surface area contributed by atoms with Crippen molar-refractivity contribution in [2.45, 2.75) is 12.8 Å². The molecule has 0 aromatic heterocycles. The second-order valence-electron chi connectivity index (χ2n) is 5.38. The standard InChI is InChI=1S/C16H11BrF2N2O3/c17-12-4-3-10(7-14(12)21(23)24)16(22)20-5-1-2-9-6-11(18)8-13(19)15(9)20/h3-4,6-8H,1-2,5H2. The molecule has 124 valence electrons. The second-order valence-corrected chi connectivity index (χ2v) is 6.23. The predicted octanol–water partition coefficient (Wildman–Crippen LogP) is 4.23. The van der Waals surface area contributed by atoms with Crippen LogP contribution < -0.4 is 4.90 Å². The number of carbonyl (C=O) groups excluding carboxylic acids is 1. The van der Waals surface area contributed by atoms with Gasteiger partial charge in [0.15, 0.2) is 0 Å². The Kier molecular flexibility index (Phi) is 4.31. The summed E-state index contributed by atoms with van der Waals surface area (Å²) in [5, 5.41) is 11.0. The summed E-state index contributed by atoms with van der Waals surface area (Å²) in [6.45, 7) is 0.262. The van der Waals surface area contributed by atoms with Crippen molar-refractivity contribution in [1.82, 2.24) is 0 Å². The fourth-order valence-electron chi connectivity index (χ4n) is 2.80. The van der Waals surface area contributed by atoms with Crippen LogP contribution in [0, 0.1) is 21.7 Å². The Balaban J connectivity index is 2.04. The molecule has 1 heterocycles. The normalized spacial score (nSPS) is 13.5. The molecule has 1 aliphatic heterocycles. The van der Waals surface area contributed by atoms with Gasteiger partial charge in [-0.25, -0.2) is 8.78 Å². The average molecular weight is 397 g/mol. The van der Waals surface area contributed by atoms with Crippen molar-refractivity contribution in [3.8, 4) is 0 Å². The molecule has 5 nitrogen and oxygen atoms in total. The Morgan fingerprint density at radius 2 is 2.00 bits per heavy atom. The maximum atomic E-state index is 14.2. The molecule has 0 unspecified atom stereocenters. The molecule has 0 aliphatic carbocycles. The van der Waals surface area contributed by atoms with Gasteiger partial charge in [0.1, 0.15) is 11.6 Å². The fraction of sp³-hybridized carbons (Fsp3) is 0.188. The monoisotopic (exact) mass is 396 g/mol. The lowest BCUT2D eigenvalue weighted by Gasteiger charge is -2.30. The summed E-state index contributed by atoms with van der Waals surface area (Å²) >= 11 is 3.05. The van der Waals surface area contributed by atoms with Crippen LogP contribution in [0.2, 0.25) is 0 Å². The first-order valence-electron chi connectivity index (χ1n) is 7.12. The largest absolute Gasteiger partial charge is 0.305 e. The molecule has 24 heavy (non-hydrogen) atoms. The highest BCUT2D eigenvalue weighted by molar-refractivity contribution is 9.10. The highest BCUT2D eigenvalue weighted by atomic mass is 79.9. The van der Waals surface area contributed by atoms with E-state index in [4.69, 9.17) is 0 Å². The van der Waals surface area contributed by atoms with Crippen molar-refractivity contribution in [2.75, 3.05) is 11.4 Å². The highest BCUT2D eigenvalue weighted by Crippen LogP contribution is 2.33. The third-order valence-electron chi connectivity index (χ3n) is 3.84. The van der Waals surface area contributed by atoms with Gasteiger partial charge in [-0.15, -0.1) is 0 Å². The van der Waals surface area contributed by atoms with Crippen molar-refractivity contribution in [1.29, 1.82) is 0 Å².